The summed E-state index contributed by atoms with van der Waals surface area (Å²) in [6.07, 6.45) is 0. The highest BCUT2D eigenvalue weighted by molar-refractivity contribution is 5.85. The third-order valence-electron chi connectivity index (χ3n) is 5.44. The van der Waals surface area contributed by atoms with Crippen molar-refractivity contribution in [1.82, 2.24) is 0 Å². The molecule has 1 fully saturated rings. The lowest BCUT2D eigenvalue weighted by Crippen LogP contribution is -2.52. The van der Waals surface area contributed by atoms with Gasteiger partial charge in [0, 0.05) is 11.8 Å². The predicted octanol–water partition coefficient (Wildman–Crippen LogP) is 4.49. The van der Waals surface area contributed by atoms with Crippen molar-refractivity contribution in [2.24, 2.45) is 11.8 Å². The molecule has 140 valence electrons. The van der Waals surface area contributed by atoms with Crippen LogP contribution in [-0.4, -0.2) is 17.0 Å². The Morgan fingerprint density at radius 2 is 1.07 bits per heavy atom. The van der Waals surface area contributed by atoms with Crippen LogP contribution in [-0.2, 0) is 9.59 Å². The number of benzene rings is 3. The number of carbonyl (C=O) groups excluding carboxylic acids is 1. The molecular weight excluding hydrogens is 352 g/mol. The molecule has 28 heavy (non-hydrogen) atoms. The summed E-state index contributed by atoms with van der Waals surface area (Å²) in [5, 5.41) is 9.93. The Labute approximate surface area is 163 Å². The molecule has 0 aliphatic heterocycles. The van der Waals surface area contributed by atoms with Crippen LogP contribution in [0.15, 0.2) is 91.0 Å². The quantitative estimate of drug-likeness (QED) is 0.529. The SMILES string of the molecule is O=C(O)C1[C@@H](c2ccccc2)C(C(=O)Oc2ccccc2)[C@H]1c1ccccc1. The van der Waals surface area contributed by atoms with E-state index in [1.165, 1.54) is 0 Å². The van der Waals surface area contributed by atoms with Gasteiger partial charge in [-0.25, -0.2) is 0 Å². The van der Waals surface area contributed by atoms with Gasteiger partial charge in [0.05, 0.1) is 11.8 Å². The Hall–Kier alpha value is -3.40. The molecule has 1 N–H and O–H groups in total. The van der Waals surface area contributed by atoms with Crippen LogP contribution in [0, 0.1) is 11.8 Å². The average Bonchev–Trinajstić information content (AvgIpc) is 2.69. The Bertz CT molecular complexity index is 906. The van der Waals surface area contributed by atoms with Crippen LogP contribution < -0.4 is 4.74 Å². The molecule has 0 amide bonds. The monoisotopic (exact) mass is 372 g/mol. The van der Waals surface area contributed by atoms with Crippen molar-refractivity contribution in [1.29, 1.82) is 0 Å². The minimum Gasteiger partial charge on any atom is -0.481 e. The maximum Gasteiger partial charge on any atom is 0.315 e. The zero-order chi connectivity index (χ0) is 19.5. The van der Waals surface area contributed by atoms with Crippen LogP contribution in [0.2, 0.25) is 0 Å². The fraction of sp³-hybridized carbons (Fsp3) is 0.167. The molecule has 2 unspecified atom stereocenters. The summed E-state index contributed by atoms with van der Waals surface area (Å²) >= 11 is 0. The Kier molecular flexibility index (Phi) is 4.94. The first-order valence-corrected chi connectivity index (χ1v) is 9.26. The van der Waals surface area contributed by atoms with Crippen LogP contribution in [0.5, 0.6) is 5.75 Å². The third-order valence-corrected chi connectivity index (χ3v) is 5.44. The summed E-state index contributed by atoms with van der Waals surface area (Å²) in [7, 11) is 0. The van der Waals surface area contributed by atoms with Gasteiger partial charge in [-0.3, -0.25) is 9.59 Å². The standard InChI is InChI=1S/C24H20O4/c25-23(26)21-19(16-10-4-1-5-11-16)22(20(21)17-12-6-2-7-13-17)24(27)28-18-14-8-3-9-15-18/h1-15,19-22H,(H,25,26)/t19-,20+,21?,22?. The van der Waals surface area contributed by atoms with Gasteiger partial charge in [-0.15, -0.1) is 0 Å². The van der Waals surface area contributed by atoms with Crippen molar-refractivity contribution < 1.29 is 19.4 Å². The zero-order valence-corrected chi connectivity index (χ0v) is 15.1. The highest BCUT2D eigenvalue weighted by Crippen LogP contribution is 2.58. The van der Waals surface area contributed by atoms with Crippen LogP contribution >= 0.6 is 0 Å². The van der Waals surface area contributed by atoms with Gasteiger partial charge in [0.15, 0.2) is 0 Å². The number of esters is 1. The van der Waals surface area contributed by atoms with E-state index in [1.54, 1.807) is 24.3 Å². The lowest BCUT2D eigenvalue weighted by Gasteiger charge is -2.48. The van der Waals surface area contributed by atoms with Crippen molar-refractivity contribution >= 4 is 11.9 Å². The van der Waals surface area contributed by atoms with Crippen molar-refractivity contribution in [2.45, 2.75) is 11.8 Å². The fourth-order valence-corrected chi connectivity index (χ4v) is 4.20. The van der Waals surface area contributed by atoms with E-state index in [0.717, 1.165) is 11.1 Å². The largest absolute Gasteiger partial charge is 0.481 e. The number of carbonyl (C=O) groups is 2. The summed E-state index contributed by atoms with van der Waals surface area (Å²) in [4.78, 5) is 25.2. The summed E-state index contributed by atoms with van der Waals surface area (Å²) in [5.41, 5.74) is 1.69. The molecule has 1 aliphatic carbocycles. The lowest BCUT2D eigenvalue weighted by atomic mass is 9.52. The van der Waals surface area contributed by atoms with Gasteiger partial charge < -0.3 is 9.84 Å². The van der Waals surface area contributed by atoms with Crippen LogP contribution in [0.25, 0.3) is 0 Å². The Balaban J connectivity index is 1.73. The number of carboxylic acids is 1. The second kappa shape index (κ2) is 7.69. The third kappa shape index (κ3) is 3.29. The molecule has 0 bridgehead atoms. The van der Waals surface area contributed by atoms with E-state index in [4.69, 9.17) is 4.74 Å². The first kappa shape index (κ1) is 18.0. The predicted molar refractivity (Wildman–Crippen MR) is 105 cm³/mol. The highest BCUT2D eigenvalue weighted by Gasteiger charge is 2.59. The second-order valence-electron chi connectivity index (χ2n) is 7.00. The molecule has 1 aliphatic rings. The van der Waals surface area contributed by atoms with E-state index in [-0.39, 0.29) is 0 Å². The fourth-order valence-electron chi connectivity index (χ4n) is 4.20. The highest BCUT2D eigenvalue weighted by atomic mass is 16.5. The number of aliphatic carboxylic acids is 1. The minimum atomic E-state index is -0.897. The first-order chi connectivity index (χ1) is 13.7. The van der Waals surface area contributed by atoms with E-state index in [1.807, 2.05) is 66.7 Å². The molecule has 4 heteroatoms. The van der Waals surface area contributed by atoms with E-state index in [9.17, 15) is 14.7 Å². The topological polar surface area (TPSA) is 63.6 Å². The van der Waals surface area contributed by atoms with Crippen molar-refractivity contribution in [2.75, 3.05) is 0 Å². The van der Waals surface area contributed by atoms with Crippen molar-refractivity contribution in [3.8, 4) is 5.75 Å². The van der Waals surface area contributed by atoms with Gasteiger partial charge in [-0.1, -0.05) is 78.9 Å². The molecule has 1 saturated carbocycles. The van der Waals surface area contributed by atoms with Crippen LogP contribution in [0.4, 0.5) is 0 Å². The smallest absolute Gasteiger partial charge is 0.315 e. The van der Waals surface area contributed by atoms with Gasteiger partial charge in [-0.2, -0.15) is 0 Å². The minimum absolute atomic E-state index is 0.397. The van der Waals surface area contributed by atoms with Crippen LogP contribution in [0.3, 0.4) is 0 Å². The molecular formula is C24H20O4. The Morgan fingerprint density at radius 1 is 0.643 bits per heavy atom. The summed E-state index contributed by atoms with van der Waals surface area (Å²) in [6, 6.07) is 27.6. The number of ether oxygens (including phenoxy) is 1. The van der Waals surface area contributed by atoms with E-state index in [0.29, 0.717) is 5.75 Å². The molecule has 0 heterocycles. The summed E-state index contributed by atoms with van der Waals surface area (Å²) < 4.78 is 5.62. The van der Waals surface area contributed by atoms with Gasteiger partial charge in [-0.05, 0) is 23.3 Å². The average molecular weight is 372 g/mol. The van der Waals surface area contributed by atoms with E-state index < -0.39 is 35.6 Å². The van der Waals surface area contributed by atoms with Gasteiger partial charge in [0.25, 0.3) is 0 Å². The summed E-state index contributed by atoms with van der Waals surface area (Å²) in [5.74, 6) is -2.94. The maximum atomic E-state index is 13.1. The van der Waals surface area contributed by atoms with Crippen LogP contribution in [0.1, 0.15) is 23.0 Å². The van der Waals surface area contributed by atoms with Gasteiger partial charge in [0.2, 0.25) is 0 Å². The van der Waals surface area contributed by atoms with Gasteiger partial charge in [0.1, 0.15) is 5.75 Å². The first-order valence-electron chi connectivity index (χ1n) is 9.26. The molecule has 0 saturated heterocycles. The number of rotatable bonds is 5. The van der Waals surface area contributed by atoms with E-state index >= 15 is 0 Å². The molecule has 0 spiro atoms. The number of carboxylic acid groups (broad SMARTS) is 1. The molecule has 0 aromatic heterocycles. The Morgan fingerprint density at radius 3 is 1.50 bits per heavy atom. The lowest BCUT2D eigenvalue weighted by molar-refractivity contribution is -0.158. The number of hydrogen-bond acceptors (Lipinski definition) is 3. The normalized spacial score (nSPS) is 23.4. The number of hydrogen-bond donors (Lipinski definition) is 1. The van der Waals surface area contributed by atoms with Gasteiger partial charge >= 0.3 is 11.9 Å². The molecule has 4 nitrogen and oxygen atoms in total. The molecule has 4 rings (SSSR count). The molecule has 3 aromatic carbocycles. The number of para-hydroxylation sites is 1. The van der Waals surface area contributed by atoms with Crippen molar-refractivity contribution in [3.05, 3.63) is 102 Å². The molecule has 3 aromatic rings. The van der Waals surface area contributed by atoms with E-state index in [2.05, 4.69) is 0 Å². The molecule has 0 radical (unpaired) electrons. The molecule has 4 atom stereocenters. The summed E-state index contributed by atoms with van der Waals surface area (Å²) in [6.45, 7) is 0. The van der Waals surface area contributed by atoms with Crippen molar-refractivity contribution in [3.63, 3.8) is 0 Å². The maximum absolute atomic E-state index is 13.1. The zero-order valence-electron chi connectivity index (χ0n) is 15.1. The second-order valence-corrected chi connectivity index (χ2v) is 7.00.